The molecule has 12 heteroatoms. The van der Waals surface area contributed by atoms with E-state index in [1.807, 2.05) is 24.3 Å². The van der Waals surface area contributed by atoms with E-state index < -0.39 is 11.9 Å². The highest BCUT2D eigenvalue weighted by atomic mass is 16.6. The van der Waals surface area contributed by atoms with Crippen molar-refractivity contribution in [2.45, 2.75) is 0 Å². The van der Waals surface area contributed by atoms with Gasteiger partial charge in [-0.05, 0) is 97.1 Å². The van der Waals surface area contributed by atoms with Gasteiger partial charge in [-0.3, -0.25) is 0 Å². The number of esters is 2. The molecule has 0 N–H and O–H groups in total. The second kappa shape index (κ2) is 18.4. The molecule has 238 valence electrons. The molecule has 4 aromatic rings. The van der Waals surface area contributed by atoms with Crippen LogP contribution in [-0.4, -0.2) is 65.8 Å². The van der Waals surface area contributed by atoms with Crippen LogP contribution in [0.15, 0.2) is 118 Å². The van der Waals surface area contributed by atoms with Crippen molar-refractivity contribution in [1.29, 1.82) is 0 Å². The monoisotopic (exact) mass is 626 g/mol. The van der Waals surface area contributed by atoms with Crippen LogP contribution in [0, 0.1) is 0 Å². The van der Waals surface area contributed by atoms with Crippen molar-refractivity contribution in [1.82, 2.24) is 0 Å². The zero-order chi connectivity index (χ0) is 32.4. The molecular weight excluding hydrogens is 592 g/mol. The third kappa shape index (κ3) is 11.2. The van der Waals surface area contributed by atoms with E-state index in [0.29, 0.717) is 85.0 Å². The Morgan fingerprint density at radius 1 is 0.435 bits per heavy atom. The molecule has 0 saturated carbocycles. The Morgan fingerprint density at radius 2 is 0.717 bits per heavy atom. The van der Waals surface area contributed by atoms with E-state index in [1.54, 1.807) is 72.8 Å². The highest BCUT2D eigenvalue weighted by Gasteiger charge is 2.05. The van der Waals surface area contributed by atoms with Crippen molar-refractivity contribution < 1.29 is 38.0 Å². The van der Waals surface area contributed by atoms with E-state index in [9.17, 15) is 9.59 Å². The number of hydrogen-bond donors (Lipinski definition) is 0. The van der Waals surface area contributed by atoms with Gasteiger partial charge >= 0.3 is 11.9 Å². The highest BCUT2D eigenvalue weighted by Crippen LogP contribution is 2.23. The van der Waals surface area contributed by atoms with E-state index in [2.05, 4.69) is 29.9 Å². The van der Waals surface area contributed by atoms with E-state index in [-0.39, 0.29) is 0 Å². The predicted molar refractivity (Wildman–Crippen MR) is 169 cm³/mol. The Balaban J connectivity index is 1.02. The Labute approximate surface area is 266 Å². The Hall–Kier alpha value is -5.46. The molecule has 0 atom stereocenters. The maximum atomic E-state index is 11.5. The molecule has 0 aliphatic rings. The quantitative estimate of drug-likeness (QED) is 0.0664. The lowest BCUT2D eigenvalue weighted by atomic mass is 10.2. The molecule has 46 heavy (non-hydrogen) atoms. The molecule has 0 heterocycles. The first kappa shape index (κ1) is 33.4. The summed E-state index contributed by atoms with van der Waals surface area (Å²) in [5.41, 5.74) is 3.49. The van der Waals surface area contributed by atoms with Gasteiger partial charge in [0.25, 0.3) is 0 Å². The smallest absolute Gasteiger partial charge is 0.337 e. The van der Waals surface area contributed by atoms with Crippen LogP contribution in [0.4, 0.5) is 22.7 Å². The SMILES string of the molecule is COC(=O)c1ccc(N=Nc2ccc(OCCOCCOCCOc3ccc(N=Nc4ccc(C(=O)OC)cc4)cc3)cc2)cc1. The number of ether oxygens (including phenoxy) is 6. The molecule has 0 aliphatic heterocycles. The lowest BCUT2D eigenvalue weighted by molar-refractivity contribution is 0.0273. The second-order valence-corrected chi connectivity index (χ2v) is 9.39. The molecule has 0 aliphatic carbocycles. The van der Waals surface area contributed by atoms with E-state index in [1.165, 1.54) is 14.2 Å². The molecule has 0 unspecified atom stereocenters. The third-order valence-electron chi connectivity index (χ3n) is 6.18. The van der Waals surface area contributed by atoms with E-state index in [0.717, 1.165) is 0 Å². The fourth-order valence-corrected chi connectivity index (χ4v) is 3.77. The molecule has 0 radical (unpaired) electrons. The van der Waals surface area contributed by atoms with Gasteiger partial charge in [-0.2, -0.15) is 20.5 Å². The molecule has 4 rings (SSSR count). The van der Waals surface area contributed by atoms with E-state index in [4.69, 9.17) is 18.9 Å². The van der Waals surface area contributed by atoms with Crippen LogP contribution in [0.5, 0.6) is 11.5 Å². The average molecular weight is 627 g/mol. The summed E-state index contributed by atoms with van der Waals surface area (Å²) in [7, 11) is 2.68. The zero-order valence-corrected chi connectivity index (χ0v) is 25.5. The minimum absolute atomic E-state index is 0.397. The lowest BCUT2D eigenvalue weighted by Gasteiger charge is -2.09. The average Bonchev–Trinajstić information content (AvgIpc) is 3.11. The van der Waals surface area contributed by atoms with Crippen molar-refractivity contribution >= 4 is 34.7 Å². The van der Waals surface area contributed by atoms with Gasteiger partial charge in [0.15, 0.2) is 0 Å². The molecule has 0 spiro atoms. The number of rotatable bonds is 17. The molecule has 0 amide bonds. The fourth-order valence-electron chi connectivity index (χ4n) is 3.77. The molecule has 0 aromatic heterocycles. The minimum Gasteiger partial charge on any atom is -0.491 e. The number of azo groups is 2. The Bertz CT molecular complexity index is 1450. The minimum atomic E-state index is -0.398. The van der Waals surface area contributed by atoms with Crippen LogP contribution < -0.4 is 9.47 Å². The van der Waals surface area contributed by atoms with Gasteiger partial charge in [-0.25, -0.2) is 9.59 Å². The molecule has 0 fully saturated rings. The number of carbonyl (C=O) groups excluding carboxylic acids is 2. The van der Waals surface area contributed by atoms with Crippen LogP contribution in [0.3, 0.4) is 0 Å². The van der Waals surface area contributed by atoms with Crippen LogP contribution in [-0.2, 0) is 18.9 Å². The standard InChI is InChI=1S/C34H34N4O8/c1-41-33(39)25-3-7-27(8-4-25)35-37-29-11-15-31(16-12-29)45-23-21-43-19-20-44-22-24-46-32-17-13-30(14-18-32)38-36-28-9-5-26(6-10-28)34(40)42-2/h3-18H,19-24H2,1-2H3. The number of methoxy groups -OCH3 is 2. The zero-order valence-electron chi connectivity index (χ0n) is 25.5. The summed E-state index contributed by atoms with van der Waals surface area (Å²) in [6, 6.07) is 27.8. The van der Waals surface area contributed by atoms with Gasteiger partial charge in [0.05, 0.1) is 74.5 Å². The lowest BCUT2D eigenvalue weighted by Crippen LogP contribution is -2.13. The third-order valence-corrected chi connectivity index (χ3v) is 6.18. The second-order valence-electron chi connectivity index (χ2n) is 9.39. The summed E-state index contributed by atoms with van der Waals surface area (Å²) in [4.78, 5) is 23.0. The molecule has 0 saturated heterocycles. The van der Waals surface area contributed by atoms with Crippen molar-refractivity contribution in [3.8, 4) is 11.5 Å². The Kier molecular flexibility index (Phi) is 13.4. The summed E-state index contributed by atoms with van der Waals surface area (Å²) in [5.74, 6) is 0.595. The van der Waals surface area contributed by atoms with Crippen LogP contribution >= 0.6 is 0 Å². The van der Waals surface area contributed by atoms with Crippen molar-refractivity contribution in [2.24, 2.45) is 20.5 Å². The molecular formula is C34H34N4O8. The normalized spacial score (nSPS) is 11.1. The van der Waals surface area contributed by atoms with Gasteiger partial charge in [-0.1, -0.05) is 0 Å². The summed E-state index contributed by atoms with van der Waals surface area (Å²) in [5, 5.41) is 16.7. The molecule has 4 aromatic carbocycles. The number of benzene rings is 4. The summed E-state index contributed by atoms with van der Waals surface area (Å²) in [6.07, 6.45) is 0. The maximum Gasteiger partial charge on any atom is 0.337 e. The summed E-state index contributed by atoms with van der Waals surface area (Å²) in [6.45, 7) is 2.51. The first-order valence-corrected chi connectivity index (χ1v) is 14.4. The van der Waals surface area contributed by atoms with Gasteiger partial charge in [0, 0.05) is 0 Å². The summed E-state index contributed by atoms with van der Waals surface area (Å²) >= 11 is 0. The molecule has 0 bridgehead atoms. The summed E-state index contributed by atoms with van der Waals surface area (Å²) < 4.78 is 31.9. The number of carbonyl (C=O) groups is 2. The van der Waals surface area contributed by atoms with Crippen LogP contribution in [0.2, 0.25) is 0 Å². The predicted octanol–water partition coefficient (Wildman–Crippen LogP) is 7.58. The largest absolute Gasteiger partial charge is 0.491 e. The van der Waals surface area contributed by atoms with Gasteiger partial charge < -0.3 is 28.4 Å². The highest BCUT2D eigenvalue weighted by molar-refractivity contribution is 5.90. The van der Waals surface area contributed by atoms with Crippen LogP contribution in [0.1, 0.15) is 20.7 Å². The first-order chi connectivity index (χ1) is 22.5. The molecule has 12 nitrogen and oxygen atoms in total. The maximum absolute atomic E-state index is 11.5. The van der Waals surface area contributed by atoms with Gasteiger partial charge in [0.2, 0.25) is 0 Å². The number of nitrogens with zero attached hydrogens (tertiary/aromatic N) is 4. The van der Waals surface area contributed by atoms with Gasteiger partial charge in [-0.15, -0.1) is 0 Å². The first-order valence-electron chi connectivity index (χ1n) is 14.4. The Morgan fingerprint density at radius 3 is 1.02 bits per heavy atom. The van der Waals surface area contributed by atoms with E-state index >= 15 is 0 Å². The van der Waals surface area contributed by atoms with Crippen molar-refractivity contribution in [2.75, 3.05) is 53.9 Å². The fraction of sp³-hybridized carbons (Fsp3) is 0.235. The van der Waals surface area contributed by atoms with Gasteiger partial charge in [0.1, 0.15) is 24.7 Å². The van der Waals surface area contributed by atoms with Crippen molar-refractivity contribution in [3.63, 3.8) is 0 Å². The topological polar surface area (TPSA) is 139 Å². The van der Waals surface area contributed by atoms with Crippen molar-refractivity contribution in [3.05, 3.63) is 108 Å². The van der Waals surface area contributed by atoms with Crippen LogP contribution in [0.25, 0.3) is 0 Å². The number of hydrogen-bond acceptors (Lipinski definition) is 12.